The average Bonchev–Trinajstić information content (AvgIpc) is 2.82. The molecule has 0 amide bonds. The molecule has 4 aromatic rings. The van der Waals surface area contributed by atoms with Gasteiger partial charge in [-0.15, -0.1) is 0 Å². The maximum Gasteiger partial charge on any atom is 0.193 e. The topological polar surface area (TPSA) is 81.7 Å². The van der Waals surface area contributed by atoms with Crippen molar-refractivity contribution < 1.29 is 9.59 Å². The summed E-state index contributed by atoms with van der Waals surface area (Å²) in [6.45, 7) is 0. The summed E-state index contributed by atoms with van der Waals surface area (Å²) in [6, 6.07) is 27.9. The Morgan fingerprint density at radius 3 is 1.27 bits per heavy atom. The zero-order valence-electron chi connectivity index (χ0n) is 15.8. The second kappa shape index (κ2) is 7.83. The largest absolute Gasteiger partial charge is 0.289 e. The molecule has 0 N–H and O–H groups in total. The van der Waals surface area contributed by atoms with Crippen LogP contribution in [0.5, 0.6) is 0 Å². The van der Waals surface area contributed by atoms with Gasteiger partial charge in [0.2, 0.25) is 0 Å². The van der Waals surface area contributed by atoms with Gasteiger partial charge in [0.1, 0.15) is 12.1 Å². The van der Waals surface area contributed by atoms with Crippen LogP contribution in [-0.2, 0) is 0 Å². The zero-order chi connectivity index (χ0) is 21.1. The van der Waals surface area contributed by atoms with Crippen LogP contribution in [0.15, 0.2) is 84.9 Å². The quantitative estimate of drug-likeness (QED) is 0.460. The number of fused-ring (bicyclic) bond motifs is 1. The molecule has 0 heterocycles. The fraction of sp³-hybridized carbons (Fsp3) is 0. The minimum absolute atomic E-state index is 0.227. The van der Waals surface area contributed by atoms with E-state index in [2.05, 4.69) is 0 Å². The predicted molar refractivity (Wildman–Crippen MR) is 113 cm³/mol. The van der Waals surface area contributed by atoms with Crippen molar-refractivity contribution in [2.45, 2.75) is 0 Å². The Bertz CT molecular complexity index is 1270. The number of nitriles is 2. The average molecular weight is 386 g/mol. The second-order valence-corrected chi connectivity index (χ2v) is 6.76. The first-order valence-corrected chi connectivity index (χ1v) is 9.24. The van der Waals surface area contributed by atoms with Crippen molar-refractivity contribution in [3.05, 3.63) is 118 Å². The molecule has 0 aliphatic carbocycles. The van der Waals surface area contributed by atoms with E-state index in [1.165, 1.54) is 0 Å². The van der Waals surface area contributed by atoms with Crippen molar-refractivity contribution in [3.8, 4) is 12.1 Å². The molecule has 0 fully saturated rings. The third-order valence-electron chi connectivity index (χ3n) is 4.92. The lowest BCUT2D eigenvalue weighted by atomic mass is 9.89. The highest BCUT2D eigenvalue weighted by atomic mass is 16.1. The minimum Gasteiger partial charge on any atom is -0.289 e. The molecule has 0 saturated heterocycles. The van der Waals surface area contributed by atoms with Gasteiger partial charge in [-0.3, -0.25) is 9.59 Å². The van der Waals surface area contributed by atoms with Gasteiger partial charge in [0.05, 0.1) is 11.1 Å². The Morgan fingerprint density at radius 2 is 0.933 bits per heavy atom. The van der Waals surface area contributed by atoms with Crippen LogP contribution in [0, 0.1) is 22.7 Å². The molecule has 0 aliphatic heterocycles. The Morgan fingerprint density at radius 1 is 0.567 bits per heavy atom. The number of nitrogens with zero attached hydrogens (tertiary/aromatic N) is 2. The van der Waals surface area contributed by atoms with Crippen LogP contribution < -0.4 is 0 Å². The van der Waals surface area contributed by atoms with Crippen molar-refractivity contribution >= 4 is 22.3 Å². The number of carbonyl (C=O) groups is 2. The molecule has 4 rings (SSSR count). The van der Waals surface area contributed by atoms with E-state index in [0.717, 1.165) is 0 Å². The van der Waals surface area contributed by atoms with Crippen LogP contribution in [0.25, 0.3) is 10.8 Å². The van der Waals surface area contributed by atoms with Crippen molar-refractivity contribution in [2.24, 2.45) is 0 Å². The summed E-state index contributed by atoms with van der Waals surface area (Å²) in [4.78, 5) is 26.5. The van der Waals surface area contributed by atoms with Gasteiger partial charge < -0.3 is 0 Å². The molecule has 0 aromatic heterocycles. The van der Waals surface area contributed by atoms with Crippen molar-refractivity contribution in [1.82, 2.24) is 0 Å². The SMILES string of the molecule is N#Cc1cc2cc(C(=O)c3ccccc3)c(C(=O)c3ccccc3)cc2cc1C#N. The fourth-order valence-electron chi connectivity index (χ4n) is 3.40. The molecule has 0 saturated carbocycles. The van der Waals surface area contributed by atoms with Gasteiger partial charge in [-0.1, -0.05) is 60.7 Å². The monoisotopic (exact) mass is 386 g/mol. The summed E-state index contributed by atoms with van der Waals surface area (Å²) in [5.41, 5.74) is 1.91. The van der Waals surface area contributed by atoms with Gasteiger partial charge in [0.15, 0.2) is 11.6 Å². The molecule has 0 unspecified atom stereocenters. The number of benzene rings is 4. The lowest BCUT2D eigenvalue weighted by molar-refractivity contribution is 0.100. The molecule has 30 heavy (non-hydrogen) atoms. The van der Waals surface area contributed by atoms with Gasteiger partial charge in [-0.05, 0) is 35.0 Å². The van der Waals surface area contributed by atoms with Crippen molar-refractivity contribution in [1.29, 1.82) is 10.5 Å². The molecule has 4 nitrogen and oxygen atoms in total. The van der Waals surface area contributed by atoms with Gasteiger partial charge in [-0.2, -0.15) is 10.5 Å². The number of carbonyl (C=O) groups excluding carboxylic acids is 2. The molecule has 0 atom stereocenters. The van der Waals surface area contributed by atoms with Crippen LogP contribution in [0.4, 0.5) is 0 Å². The first-order valence-electron chi connectivity index (χ1n) is 9.24. The molecular formula is C26H14N2O2. The number of ketones is 2. The molecule has 0 radical (unpaired) electrons. The number of hydrogen-bond donors (Lipinski definition) is 0. The highest BCUT2D eigenvalue weighted by Crippen LogP contribution is 2.27. The van der Waals surface area contributed by atoms with Gasteiger partial charge in [0.25, 0.3) is 0 Å². The number of rotatable bonds is 4. The predicted octanol–water partition coefficient (Wildman–Crippen LogP) is 5.05. The van der Waals surface area contributed by atoms with E-state index in [0.29, 0.717) is 21.9 Å². The lowest BCUT2D eigenvalue weighted by Gasteiger charge is -2.12. The van der Waals surface area contributed by atoms with Gasteiger partial charge >= 0.3 is 0 Å². The molecule has 0 bridgehead atoms. The Kier molecular flexibility index (Phi) is 4.91. The maximum absolute atomic E-state index is 13.3. The standard InChI is InChI=1S/C26H14N2O2/c27-15-21-11-19-13-23(25(29)17-7-3-1-4-8-17)24(14-20(19)12-22(21)16-28)26(30)18-9-5-2-6-10-18/h1-14H. The first kappa shape index (κ1) is 18.8. The summed E-state index contributed by atoms with van der Waals surface area (Å²) in [5, 5.41) is 19.9. The van der Waals surface area contributed by atoms with E-state index >= 15 is 0 Å². The lowest BCUT2D eigenvalue weighted by Crippen LogP contribution is -2.11. The van der Waals surface area contributed by atoms with E-state index < -0.39 is 0 Å². The molecule has 4 heteroatoms. The van der Waals surface area contributed by atoms with Crippen LogP contribution >= 0.6 is 0 Å². The highest BCUT2D eigenvalue weighted by Gasteiger charge is 2.21. The summed E-state index contributed by atoms with van der Waals surface area (Å²) in [5.74, 6) is -0.556. The second-order valence-electron chi connectivity index (χ2n) is 6.76. The number of hydrogen-bond acceptors (Lipinski definition) is 4. The third-order valence-corrected chi connectivity index (χ3v) is 4.92. The fourth-order valence-corrected chi connectivity index (χ4v) is 3.40. The smallest absolute Gasteiger partial charge is 0.193 e. The van der Waals surface area contributed by atoms with Gasteiger partial charge in [-0.25, -0.2) is 0 Å². The van der Waals surface area contributed by atoms with E-state index in [1.807, 2.05) is 24.3 Å². The Balaban J connectivity index is 1.99. The minimum atomic E-state index is -0.278. The van der Waals surface area contributed by atoms with E-state index in [1.54, 1.807) is 72.8 Å². The highest BCUT2D eigenvalue weighted by molar-refractivity contribution is 6.21. The first-order chi connectivity index (χ1) is 14.6. The summed E-state index contributed by atoms with van der Waals surface area (Å²) in [6.07, 6.45) is 0. The Labute approximate surface area is 173 Å². The van der Waals surface area contributed by atoms with E-state index in [9.17, 15) is 20.1 Å². The molecule has 140 valence electrons. The van der Waals surface area contributed by atoms with E-state index in [-0.39, 0.29) is 33.8 Å². The molecule has 0 spiro atoms. The van der Waals surface area contributed by atoms with Crippen LogP contribution in [0.2, 0.25) is 0 Å². The van der Waals surface area contributed by atoms with E-state index in [4.69, 9.17) is 0 Å². The summed E-state index contributed by atoms with van der Waals surface area (Å²) in [7, 11) is 0. The summed E-state index contributed by atoms with van der Waals surface area (Å²) < 4.78 is 0. The van der Waals surface area contributed by atoms with Gasteiger partial charge in [0, 0.05) is 22.3 Å². The van der Waals surface area contributed by atoms with Crippen molar-refractivity contribution in [3.63, 3.8) is 0 Å². The zero-order valence-corrected chi connectivity index (χ0v) is 15.8. The summed E-state index contributed by atoms with van der Waals surface area (Å²) >= 11 is 0. The van der Waals surface area contributed by atoms with Crippen LogP contribution in [-0.4, -0.2) is 11.6 Å². The Hall–Kier alpha value is -4.54. The molecular weight excluding hydrogens is 372 g/mol. The molecule has 4 aromatic carbocycles. The van der Waals surface area contributed by atoms with Crippen LogP contribution in [0.1, 0.15) is 43.0 Å². The maximum atomic E-state index is 13.3. The van der Waals surface area contributed by atoms with Crippen molar-refractivity contribution in [2.75, 3.05) is 0 Å². The van der Waals surface area contributed by atoms with Crippen LogP contribution in [0.3, 0.4) is 0 Å². The molecule has 0 aliphatic rings. The normalized spacial score (nSPS) is 10.2. The third kappa shape index (κ3) is 3.35.